The fraction of sp³-hybridized carbons (Fsp3) is 0.500. The van der Waals surface area contributed by atoms with Gasteiger partial charge < -0.3 is 0 Å². The van der Waals surface area contributed by atoms with Crippen molar-refractivity contribution in [3.63, 3.8) is 0 Å². The van der Waals surface area contributed by atoms with Crippen molar-refractivity contribution in [1.29, 1.82) is 0 Å². The van der Waals surface area contributed by atoms with Gasteiger partial charge in [0.2, 0.25) is 0 Å². The Morgan fingerprint density at radius 1 is 1.38 bits per heavy atom. The lowest BCUT2D eigenvalue weighted by molar-refractivity contribution is 0.546. The van der Waals surface area contributed by atoms with E-state index in [1.165, 1.54) is 0 Å². The average Bonchev–Trinajstić information content (AvgIpc) is 2.57. The van der Waals surface area contributed by atoms with E-state index in [-0.39, 0.29) is 5.41 Å². The molecule has 2 heterocycles. The van der Waals surface area contributed by atoms with Crippen LogP contribution in [0, 0.1) is 0 Å². The Labute approximate surface area is 100 Å². The summed E-state index contributed by atoms with van der Waals surface area (Å²) in [5, 5.41) is 4.93. The normalized spacial score (nSPS) is 12.3. The summed E-state index contributed by atoms with van der Waals surface area (Å²) in [5.41, 5.74) is 3.09. The Balaban J connectivity index is 2.80. The number of hydrogen-bond acceptors (Lipinski definition) is 2. The highest BCUT2D eigenvalue weighted by atomic mass is 35.5. The van der Waals surface area contributed by atoms with Gasteiger partial charge in [-0.2, -0.15) is 5.10 Å². The molecule has 0 unspecified atom stereocenters. The Hall–Kier alpha value is -1.09. The lowest BCUT2D eigenvalue weighted by atomic mass is 9.92. The molecule has 0 N–H and O–H groups in total. The van der Waals surface area contributed by atoms with Crippen molar-refractivity contribution in [2.24, 2.45) is 0 Å². The van der Waals surface area contributed by atoms with E-state index < -0.39 is 0 Å². The minimum Gasteiger partial charge on any atom is -0.219 e. The molecule has 2 aromatic heterocycles. The number of nitrogens with zero attached hydrogens (tertiary/aromatic N) is 3. The zero-order valence-electron chi connectivity index (χ0n) is 10.1. The lowest BCUT2D eigenvalue weighted by Crippen LogP contribution is -2.17. The van der Waals surface area contributed by atoms with E-state index >= 15 is 0 Å². The average molecular weight is 238 g/mol. The van der Waals surface area contributed by atoms with Crippen LogP contribution in [0.1, 0.15) is 39.0 Å². The van der Waals surface area contributed by atoms with Gasteiger partial charge in [-0.15, -0.1) is 0 Å². The van der Waals surface area contributed by atoms with E-state index in [1.807, 2.05) is 16.8 Å². The Kier molecular flexibility index (Phi) is 2.66. The summed E-state index contributed by atoms with van der Waals surface area (Å²) >= 11 is 6.06. The van der Waals surface area contributed by atoms with Gasteiger partial charge in [-0.05, 0) is 12.5 Å². The molecule has 0 aliphatic rings. The van der Waals surface area contributed by atoms with Gasteiger partial charge in [-0.25, -0.2) is 9.50 Å². The second-order valence-corrected chi connectivity index (χ2v) is 5.36. The second kappa shape index (κ2) is 3.74. The number of halogens is 1. The summed E-state index contributed by atoms with van der Waals surface area (Å²) in [6, 6.07) is 1.89. The van der Waals surface area contributed by atoms with Gasteiger partial charge >= 0.3 is 0 Å². The number of rotatable bonds is 1. The zero-order valence-corrected chi connectivity index (χ0v) is 10.8. The molecule has 0 amide bonds. The maximum atomic E-state index is 6.06. The molecule has 0 fully saturated rings. The monoisotopic (exact) mass is 237 g/mol. The molecule has 0 aliphatic carbocycles. The van der Waals surface area contributed by atoms with Crippen LogP contribution >= 0.6 is 11.6 Å². The number of fused-ring (bicyclic) bond motifs is 1. The van der Waals surface area contributed by atoms with Crippen LogP contribution in [0.15, 0.2) is 12.3 Å². The first-order valence-electron chi connectivity index (χ1n) is 5.47. The van der Waals surface area contributed by atoms with Gasteiger partial charge in [0, 0.05) is 11.0 Å². The molecule has 0 aromatic carbocycles. The quantitative estimate of drug-likeness (QED) is 0.713. The van der Waals surface area contributed by atoms with Gasteiger partial charge in [0.05, 0.1) is 11.9 Å². The first kappa shape index (κ1) is 11.4. The van der Waals surface area contributed by atoms with Gasteiger partial charge in [0.1, 0.15) is 5.15 Å². The number of hydrogen-bond donors (Lipinski definition) is 0. The largest absolute Gasteiger partial charge is 0.219 e. The molecule has 16 heavy (non-hydrogen) atoms. The molecule has 0 saturated carbocycles. The van der Waals surface area contributed by atoms with Gasteiger partial charge in [-0.3, -0.25) is 0 Å². The van der Waals surface area contributed by atoms with Crippen molar-refractivity contribution in [1.82, 2.24) is 14.6 Å². The maximum Gasteiger partial charge on any atom is 0.160 e. The van der Waals surface area contributed by atoms with Gasteiger partial charge in [0.15, 0.2) is 5.65 Å². The fourth-order valence-corrected chi connectivity index (χ4v) is 1.95. The van der Waals surface area contributed by atoms with Crippen molar-refractivity contribution in [3.05, 3.63) is 28.7 Å². The molecular formula is C12H16ClN3. The van der Waals surface area contributed by atoms with E-state index in [0.29, 0.717) is 5.15 Å². The van der Waals surface area contributed by atoms with Crippen molar-refractivity contribution in [3.8, 4) is 0 Å². The van der Waals surface area contributed by atoms with E-state index in [9.17, 15) is 0 Å². The highest BCUT2D eigenvalue weighted by Gasteiger charge is 2.20. The van der Waals surface area contributed by atoms with Crippen LogP contribution in [-0.2, 0) is 11.8 Å². The molecule has 0 atom stereocenters. The third-order valence-electron chi connectivity index (χ3n) is 2.66. The van der Waals surface area contributed by atoms with Crippen LogP contribution in [0.3, 0.4) is 0 Å². The van der Waals surface area contributed by atoms with Crippen LogP contribution in [0.2, 0.25) is 5.15 Å². The molecule has 4 heteroatoms. The highest BCUT2D eigenvalue weighted by Crippen LogP contribution is 2.25. The van der Waals surface area contributed by atoms with Crippen molar-refractivity contribution < 1.29 is 0 Å². The van der Waals surface area contributed by atoms with Crippen LogP contribution in [0.4, 0.5) is 0 Å². The molecule has 2 rings (SSSR count). The van der Waals surface area contributed by atoms with Crippen LogP contribution < -0.4 is 0 Å². The topological polar surface area (TPSA) is 30.2 Å². The summed E-state index contributed by atoms with van der Waals surface area (Å²) in [5.74, 6) is 0. The first-order valence-corrected chi connectivity index (χ1v) is 5.85. The lowest BCUT2D eigenvalue weighted by Gasteiger charge is -2.20. The standard InChI is InChI=1S/C12H16ClN3/c1-5-8-7-14-16-9(12(2,3)4)6-10(13)15-11(8)16/h6-7H,5H2,1-4H3. The minimum atomic E-state index is 0.00185. The number of aromatic nitrogens is 3. The van der Waals surface area contributed by atoms with E-state index in [2.05, 4.69) is 37.8 Å². The molecule has 86 valence electrons. The summed E-state index contributed by atoms with van der Waals surface area (Å²) in [7, 11) is 0. The summed E-state index contributed by atoms with van der Waals surface area (Å²) < 4.78 is 1.89. The SMILES string of the molecule is CCc1cnn2c(C(C)(C)C)cc(Cl)nc12. The predicted molar refractivity (Wildman–Crippen MR) is 66.1 cm³/mol. The van der Waals surface area contributed by atoms with Crippen molar-refractivity contribution in [2.45, 2.75) is 39.5 Å². The highest BCUT2D eigenvalue weighted by molar-refractivity contribution is 6.29. The first-order chi connectivity index (χ1) is 7.43. The molecule has 0 bridgehead atoms. The summed E-state index contributed by atoms with van der Waals surface area (Å²) in [6.45, 7) is 8.53. The smallest absolute Gasteiger partial charge is 0.160 e. The molecule has 2 aromatic rings. The van der Waals surface area contributed by atoms with E-state index in [0.717, 1.165) is 23.3 Å². The summed E-state index contributed by atoms with van der Waals surface area (Å²) in [4.78, 5) is 4.35. The second-order valence-electron chi connectivity index (χ2n) is 4.97. The molecular weight excluding hydrogens is 222 g/mol. The zero-order chi connectivity index (χ0) is 11.9. The Morgan fingerprint density at radius 2 is 2.06 bits per heavy atom. The van der Waals surface area contributed by atoms with Crippen LogP contribution in [0.5, 0.6) is 0 Å². The maximum absolute atomic E-state index is 6.06. The molecule has 0 aliphatic heterocycles. The Morgan fingerprint density at radius 3 is 2.62 bits per heavy atom. The van der Waals surface area contributed by atoms with Crippen molar-refractivity contribution in [2.75, 3.05) is 0 Å². The molecule has 0 spiro atoms. The Bertz CT molecular complexity index is 523. The van der Waals surface area contributed by atoms with Crippen molar-refractivity contribution >= 4 is 17.2 Å². The van der Waals surface area contributed by atoms with E-state index in [4.69, 9.17) is 11.6 Å². The van der Waals surface area contributed by atoms with E-state index in [1.54, 1.807) is 0 Å². The number of aryl methyl sites for hydroxylation is 1. The van der Waals surface area contributed by atoms with Gasteiger partial charge in [0.25, 0.3) is 0 Å². The minimum absolute atomic E-state index is 0.00185. The fourth-order valence-electron chi connectivity index (χ4n) is 1.76. The summed E-state index contributed by atoms with van der Waals surface area (Å²) in [6.07, 6.45) is 2.79. The molecule has 0 saturated heterocycles. The van der Waals surface area contributed by atoms with Gasteiger partial charge in [-0.1, -0.05) is 39.3 Å². The third-order valence-corrected chi connectivity index (χ3v) is 2.86. The molecule has 3 nitrogen and oxygen atoms in total. The van der Waals surface area contributed by atoms with Crippen LogP contribution in [-0.4, -0.2) is 14.6 Å². The predicted octanol–water partition coefficient (Wildman–Crippen LogP) is 3.24. The molecule has 0 radical (unpaired) electrons. The third kappa shape index (κ3) is 1.80. The van der Waals surface area contributed by atoms with Crippen LogP contribution in [0.25, 0.3) is 5.65 Å².